The maximum Gasteiger partial charge on any atom is 0.266 e. The summed E-state index contributed by atoms with van der Waals surface area (Å²) in [6, 6.07) is 10.2. The first kappa shape index (κ1) is 23.6. The molecule has 1 aromatic heterocycles. The Kier molecular flexibility index (Phi) is 7.76. The van der Waals surface area contributed by atoms with Crippen LogP contribution in [-0.4, -0.2) is 24.0 Å². The number of nitrogens with two attached hydrogens (primary N) is 1. The average Bonchev–Trinajstić information content (AvgIpc) is 2.77. The molecule has 0 atom stereocenters. The Morgan fingerprint density at radius 1 is 1.19 bits per heavy atom. The number of hydrogen-bond donors (Lipinski definition) is 3. The fourth-order valence-electron chi connectivity index (χ4n) is 3.12. The molecule has 1 heterocycles. The minimum atomic E-state index is -0.729. The van der Waals surface area contributed by atoms with Crippen molar-refractivity contribution in [1.29, 1.82) is 0 Å². The highest BCUT2D eigenvalue weighted by Gasteiger charge is 2.17. The number of carbonyl (C=O) groups excluding carboxylic acids is 1. The molecule has 0 spiro atoms. The molecule has 6 nitrogen and oxygen atoms in total. The van der Waals surface area contributed by atoms with Gasteiger partial charge in [0.05, 0.1) is 0 Å². The van der Waals surface area contributed by atoms with Gasteiger partial charge in [0.15, 0.2) is 0 Å². The number of aromatic amines is 1. The molecule has 32 heavy (non-hydrogen) atoms. The Morgan fingerprint density at radius 2 is 1.91 bits per heavy atom. The van der Waals surface area contributed by atoms with E-state index in [0.717, 1.165) is 17.7 Å². The molecule has 0 aliphatic carbocycles. The zero-order chi connectivity index (χ0) is 23.3. The standard InChI is InChI=1S/C23H22BrF2N3O3/c1-13-18(10-14-2-4-15(5-3-14)22(30)28-9-8-27)21(20(24)23(31)29-13)32-12-16-6-7-17(25)11-19(16)26/h2-7,11H,8-10,12,27H2,1H3,(H,28,30)(H,29,31). The van der Waals surface area contributed by atoms with E-state index in [4.69, 9.17) is 10.5 Å². The summed E-state index contributed by atoms with van der Waals surface area (Å²) >= 11 is 3.25. The molecule has 3 aromatic rings. The molecule has 4 N–H and O–H groups in total. The number of pyridine rings is 1. The molecule has 2 aromatic carbocycles. The van der Waals surface area contributed by atoms with Crippen LogP contribution in [0.15, 0.2) is 51.7 Å². The fraction of sp³-hybridized carbons (Fsp3) is 0.217. The van der Waals surface area contributed by atoms with Crippen LogP contribution in [0.5, 0.6) is 5.75 Å². The van der Waals surface area contributed by atoms with Crippen LogP contribution in [0.4, 0.5) is 8.78 Å². The number of hydrogen-bond acceptors (Lipinski definition) is 4. The maximum absolute atomic E-state index is 14.0. The normalized spacial score (nSPS) is 10.8. The van der Waals surface area contributed by atoms with Crippen molar-refractivity contribution in [2.75, 3.05) is 13.1 Å². The lowest BCUT2D eigenvalue weighted by Crippen LogP contribution is -2.28. The molecule has 0 aliphatic rings. The zero-order valence-corrected chi connectivity index (χ0v) is 18.9. The number of H-pyrrole nitrogens is 1. The SMILES string of the molecule is Cc1[nH]c(=O)c(Br)c(OCc2ccc(F)cc2F)c1Cc1ccc(C(=O)NCCN)cc1. The van der Waals surface area contributed by atoms with Crippen molar-refractivity contribution in [1.82, 2.24) is 10.3 Å². The summed E-state index contributed by atoms with van der Waals surface area (Å²) in [7, 11) is 0. The highest BCUT2D eigenvalue weighted by molar-refractivity contribution is 9.10. The van der Waals surface area contributed by atoms with Crippen LogP contribution in [0, 0.1) is 18.6 Å². The minimum absolute atomic E-state index is 0.162. The van der Waals surface area contributed by atoms with E-state index in [2.05, 4.69) is 26.2 Å². The van der Waals surface area contributed by atoms with Crippen LogP contribution in [0.1, 0.15) is 32.7 Å². The van der Waals surface area contributed by atoms with Gasteiger partial charge in [-0.3, -0.25) is 9.59 Å². The zero-order valence-electron chi connectivity index (χ0n) is 17.3. The van der Waals surface area contributed by atoms with Gasteiger partial charge in [0, 0.05) is 48.0 Å². The van der Waals surface area contributed by atoms with Crippen LogP contribution in [0.3, 0.4) is 0 Å². The molecule has 0 radical (unpaired) electrons. The second kappa shape index (κ2) is 10.5. The van der Waals surface area contributed by atoms with Crippen LogP contribution in [0.2, 0.25) is 0 Å². The smallest absolute Gasteiger partial charge is 0.266 e. The number of amides is 1. The lowest BCUT2D eigenvalue weighted by Gasteiger charge is -2.16. The molecule has 0 saturated heterocycles. The number of aromatic nitrogens is 1. The Balaban J connectivity index is 1.85. The fourth-order valence-corrected chi connectivity index (χ4v) is 3.58. The van der Waals surface area contributed by atoms with Gasteiger partial charge >= 0.3 is 0 Å². The lowest BCUT2D eigenvalue weighted by atomic mass is 10.0. The van der Waals surface area contributed by atoms with Gasteiger partial charge in [-0.15, -0.1) is 0 Å². The van der Waals surface area contributed by atoms with E-state index < -0.39 is 11.6 Å². The first-order valence-electron chi connectivity index (χ1n) is 9.85. The minimum Gasteiger partial charge on any atom is -0.487 e. The monoisotopic (exact) mass is 505 g/mol. The van der Waals surface area contributed by atoms with E-state index >= 15 is 0 Å². The summed E-state index contributed by atoms with van der Waals surface area (Å²) in [5.74, 6) is -1.34. The van der Waals surface area contributed by atoms with E-state index in [1.54, 1.807) is 31.2 Å². The summed E-state index contributed by atoms with van der Waals surface area (Å²) in [6.07, 6.45) is 0.396. The first-order chi connectivity index (χ1) is 15.3. The molecular formula is C23H22BrF2N3O3. The molecular weight excluding hydrogens is 484 g/mol. The number of aryl methyl sites for hydroxylation is 1. The van der Waals surface area contributed by atoms with Gasteiger partial charge in [-0.05, 0) is 52.7 Å². The highest BCUT2D eigenvalue weighted by atomic mass is 79.9. The molecule has 9 heteroatoms. The van der Waals surface area contributed by atoms with Gasteiger partial charge in [0.1, 0.15) is 28.5 Å². The van der Waals surface area contributed by atoms with Gasteiger partial charge in [-0.25, -0.2) is 8.78 Å². The quantitative estimate of drug-likeness (QED) is 0.435. The van der Waals surface area contributed by atoms with E-state index in [9.17, 15) is 18.4 Å². The molecule has 0 aliphatic heterocycles. The molecule has 0 unspecified atom stereocenters. The number of carbonyl (C=O) groups is 1. The van der Waals surface area contributed by atoms with Crippen LogP contribution < -0.4 is 21.3 Å². The van der Waals surface area contributed by atoms with E-state index in [0.29, 0.717) is 36.3 Å². The number of ether oxygens (including phenoxy) is 1. The maximum atomic E-state index is 14.0. The van der Waals surface area contributed by atoms with Gasteiger partial charge in [-0.1, -0.05) is 12.1 Å². The molecule has 0 saturated carbocycles. The van der Waals surface area contributed by atoms with E-state index in [1.165, 1.54) is 6.07 Å². The summed E-state index contributed by atoms with van der Waals surface area (Å²) < 4.78 is 33.2. The molecule has 0 bridgehead atoms. The second-order valence-corrected chi connectivity index (χ2v) is 7.94. The second-order valence-electron chi connectivity index (χ2n) is 7.14. The van der Waals surface area contributed by atoms with Crippen molar-refractivity contribution in [2.45, 2.75) is 20.0 Å². The van der Waals surface area contributed by atoms with Crippen molar-refractivity contribution >= 4 is 21.8 Å². The molecule has 168 valence electrons. The third kappa shape index (κ3) is 5.60. The Hall–Kier alpha value is -3.04. The number of rotatable bonds is 8. The largest absolute Gasteiger partial charge is 0.487 e. The van der Waals surface area contributed by atoms with Crippen molar-refractivity contribution in [3.63, 3.8) is 0 Å². The number of benzene rings is 2. The third-order valence-corrected chi connectivity index (χ3v) is 5.56. The summed E-state index contributed by atoms with van der Waals surface area (Å²) in [4.78, 5) is 27.0. The predicted octanol–water partition coefficient (Wildman–Crippen LogP) is 3.58. The van der Waals surface area contributed by atoms with Gasteiger partial charge in [-0.2, -0.15) is 0 Å². The van der Waals surface area contributed by atoms with E-state index in [-0.39, 0.29) is 33.9 Å². The van der Waals surface area contributed by atoms with Crippen molar-refractivity contribution in [3.8, 4) is 5.75 Å². The number of nitrogens with one attached hydrogen (secondary N) is 2. The predicted molar refractivity (Wildman–Crippen MR) is 121 cm³/mol. The summed E-state index contributed by atoms with van der Waals surface area (Å²) in [5.41, 5.74) is 7.85. The van der Waals surface area contributed by atoms with Gasteiger partial charge < -0.3 is 20.8 Å². The topological polar surface area (TPSA) is 97.2 Å². The molecule has 3 rings (SSSR count). The molecule has 0 fully saturated rings. The van der Waals surface area contributed by atoms with Gasteiger partial charge in [0.25, 0.3) is 11.5 Å². The molecule has 1 amide bonds. The number of halogens is 3. The van der Waals surface area contributed by atoms with Gasteiger partial charge in [0.2, 0.25) is 0 Å². The van der Waals surface area contributed by atoms with Crippen LogP contribution in [-0.2, 0) is 13.0 Å². The third-order valence-electron chi connectivity index (χ3n) is 4.84. The summed E-state index contributed by atoms with van der Waals surface area (Å²) in [6.45, 7) is 2.30. The Labute approximate surface area is 191 Å². The van der Waals surface area contributed by atoms with E-state index in [1.807, 2.05) is 0 Å². The Morgan fingerprint density at radius 3 is 2.56 bits per heavy atom. The van der Waals surface area contributed by atoms with Crippen molar-refractivity contribution < 1.29 is 18.3 Å². The van der Waals surface area contributed by atoms with Crippen LogP contribution in [0.25, 0.3) is 0 Å². The summed E-state index contributed by atoms with van der Waals surface area (Å²) in [5, 5.41) is 2.71. The highest BCUT2D eigenvalue weighted by Crippen LogP contribution is 2.31. The first-order valence-corrected chi connectivity index (χ1v) is 10.6. The lowest BCUT2D eigenvalue weighted by molar-refractivity contribution is 0.0954. The van der Waals surface area contributed by atoms with Crippen molar-refractivity contribution in [2.24, 2.45) is 5.73 Å². The Bertz CT molecular complexity index is 1180. The average molecular weight is 506 g/mol. The van der Waals surface area contributed by atoms with Crippen molar-refractivity contribution in [3.05, 3.63) is 96.9 Å². The van der Waals surface area contributed by atoms with Crippen LogP contribution >= 0.6 is 15.9 Å².